The number of fused-ring (bicyclic) bond motifs is 1. The molecule has 0 amide bonds. The van der Waals surface area contributed by atoms with Gasteiger partial charge in [0.05, 0.1) is 13.2 Å². The van der Waals surface area contributed by atoms with Gasteiger partial charge in [-0.05, 0) is 29.8 Å². The molecule has 0 saturated heterocycles. The van der Waals surface area contributed by atoms with Gasteiger partial charge in [0.15, 0.2) is 0 Å². The molecule has 0 aliphatic carbocycles. The van der Waals surface area contributed by atoms with E-state index in [9.17, 15) is 4.79 Å². The molecule has 2 rings (SSSR count). The number of carbonyl (C=O) groups is 1. The van der Waals surface area contributed by atoms with E-state index in [4.69, 9.17) is 9.47 Å². The topological polar surface area (TPSA) is 47.6 Å². The fourth-order valence-corrected chi connectivity index (χ4v) is 1.92. The van der Waals surface area contributed by atoms with Crippen LogP contribution in [0.4, 0.5) is 5.69 Å². The molecule has 0 saturated carbocycles. The van der Waals surface area contributed by atoms with E-state index in [0.717, 1.165) is 5.69 Å². The second kappa shape index (κ2) is 7.50. The molecule has 4 heteroatoms. The molecule has 20 heavy (non-hydrogen) atoms. The summed E-state index contributed by atoms with van der Waals surface area (Å²) in [7, 11) is 0. The lowest BCUT2D eigenvalue weighted by molar-refractivity contribution is -0.148. The summed E-state index contributed by atoms with van der Waals surface area (Å²) in [4.78, 5) is 11.1. The maximum atomic E-state index is 11.1. The molecule has 0 radical (unpaired) electrons. The Morgan fingerprint density at radius 1 is 1.15 bits per heavy atom. The van der Waals surface area contributed by atoms with Crippen molar-refractivity contribution in [3.05, 3.63) is 42.5 Å². The third-order valence-corrected chi connectivity index (χ3v) is 2.85. The number of ether oxygens (including phenoxy) is 2. The molecule has 0 spiro atoms. The van der Waals surface area contributed by atoms with E-state index in [0.29, 0.717) is 19.8 Å². The fraction of sp³-hybridized carbons (Fsp3) is 0.312. The van der Waals surface area contributed by atoms with E-state index in [-0.39, 0.29) is 12.6 Å². The zero-order valence-corrected chi connectivity index (χ0v) is 11.6. The summed E-state index contributed by atoms with van der Waals surface area (Å²) in [5.41, 5.74) is 1.04. The van der Waals surface area contributed by atoms with Crippen LogP contribution in [0.15, 0.2) is 42.5 Å². The first-order valence-electron chi connectivity index (χ1n) is 6.75. The summed E-state index contributed by atoms with van der Waals surface area (Å²) in [5.74, 6) is -0.321. The Kier molecular flexibility index (Phi) is 5.38. The lowest BCUT2D eigenvalue weighted by Gasteiger charge is -2.08. The van der Waals surface area contributed by atoms with Gasteiger partial charge in [0.25, 0.3) is 0 Å². The van der Waals surface area contributed by atoms with E-state index < -0.39 is 0 Å². The van der Waals surface area contributed by atoms with Crippen LogP contribution in [0.5, 0.6) is 0 Å². The molecule has 0 aromatic heterocycles. The van der Waals surface area contributed by atoms with E-state index in [2.05, 4.69) is 29.6 Å². The van der Waals surface area contributed by atoms with Crippen molar-refractivity contribution in [1.82, 2.24) is 0 Å². The van der Waals surface area contributed by atoms with Crippen LogP contribution in [0.3, 0.4) is 0 Å². The number of esters is 1. The van der Waals surface area contributed by atoms with E-state index in [1.165, 1.54) is 10.8 Å². The molecule has 0 heterocycles. The summed E-state index contributed by atoms with van der Waals surface area (Å²) in [6, 6.07) is 14.4. The average molecular weight is 273 g/mol. The number of rotatable bonds is 7. The number of hydrogen-bond donors (Lipinski definition) is 1. The van der Waals surface area contributed by atoms with Gasteiger partial charge < -0.3 is 14.8 Å². The normalized spacial score (nSPS) is 10.4. The molecule has 0 fully saturated rings. The highest BCUT2D eigenvalue weighted by atomic mass is 16.6. The Morgan fingerprint density at radius 2 is 1.95 bits per heavy atom. The maximum Gasteiger partial charge on any atom is 0.332 e. The highest BCUT2D eigenvalue weighted by Gasteiger charge is 2.00. The van der Waals surface area contributed by atoms with E-state index in [1.807, 2.05) is 18.2 Å². The molecule has 2 aromatic rings. The van der Waals surface area contributed by atoms with Crippen LogP contribution < -0.4 is 5.32 Å². The minimum Gasteiger partial charge on any atom is -0.464 e. The molecule has 0 atom stereocenters. The predicted octanol–water partition coefficient (Wildman–Crippen LogP) is 2.83. The summed E-state index contributed by atoms with van der Waals surface area (Å²) >= 11 is 0. The van der Waals surface area contributed by atoms with Crippen LogP contribution in [0.25, 0.3) is 10.8 Å². The molecular formula is C16H19NO3. The van der Waals surface area contributed by atoms with Crippen molar-refractivity contribution in [2.75, 3.05) is 31.7 Å². The molecule has 4 nitrogen and oxygen atoms in total. The van der Waals surface area contributed by atoms with E-state index >= 15 is 0 Å². The standard InChI is InChI=1S/C16H19NO3/c1-2-20-16(18)12-19-10-9-17-15-8-7-13-5-3-4-6-14(13)11-15/h3-8,11,17H,2,9-10,12H2,1H3. The van der Waals surface area contributed by atoms with Crippen LogP contribution in [0.1, 0.15) is 6.92 Å². The second-order valence-corrected chi connectivity index (χ2v) is 4.35. The van der Waals surface area contributed by atoms with Crippen molar-refractivity contribution in [2.24, 2.45) is 0 Å². The van der Waals surface area contributed by atoms with Crippen molar-refractivity contribution in [3.63, 3.8) is 0 Å². The number of anilines is 1. The van der Waals surface area contributed by atoms with Gasteiger partial charge in [0, 0.05) is 12.2 Å². The van der Waals surface area contributed by atoms with Gasteiger partial charge in [0.1, 0.15) is 6.61 Å². The summed E-state index contributed by atoms with van der Waals surface area (Å²) in [6.07, 6.45) is 0. The van der Waals surface area contributed by atoms with Crippen molar-refractivity contribution >= 4 is 22.4 Å². The zero-order valence-electron chi connectivity index (χ0n) is 11.6. The van der Waals surface area contributed by atoms with Crippen molar-refractivity contribution in [1.29, 1.82) is 0 Å². The van der Waals surface area contributed by atoms with Crippen molar-refractivity contribution < 1.29 is 14.3 Å². The lowest BCUT2D eigenvalue weighted by Crippen LogP contribution is -2.16. The highest BCUT2D eigenvalue weighted by molar-refractivity contribution is 5.85. The molecule has 0 unspecified atom stereocenters. The molecular weight excluding hydrogens is 254 g/mol. The van der Waals surface area contributed by atoms with Gasteiger partial charge in [-0.3, -0.25) is 0 Å². The first-order valence-corrected chi connectivity index (χ1v) is 6.75. The number of hydrogen-bond acceptors (Lipinski definition) is 4. The minimum absolute atomic E-state index is 0.00718. The van der Waals surface area contributed by atoms with Crippen LogP contribution in [-0.2, 0) is 14.3 Å². The smallest absolute Gasteiger partial charge is 0.332 e. The van der Waals surface area contributed by atoms with Crippen LogP contribution >= 0.6 is 0 Å². The van der Waals surface area contributed by atoms with Gasteiger partial charge >= 0.3 is 5.97 Å². The van der Waals surface area contributed by atoms with Gasteiger partial charge in [-0.15, -0.1) is 0 Å². The third kappa shape index (κ3) is 4.24. The highest BCUT2D eigenvalue weighted by Crippen LogP contribution is 2.18. The number of benzene rings is 2. The van der Waals surface area contributed by atoms with Gasteiger partial charge in [-0.25, -0.2) is 4.79 Å². The summed E-state index contributed by atoms with van der Waals surface area (Å²) < 4.78 is 9.99. The molecule has 1 N–H and O–H groups in total. The molecule has 0 bridgehead atoms. The fourth-order valence-electron chi connectivity index (χ4n) is 1.92. The van der Waals surface area contributed by atoms with Gasteiger partial charge in [-0.1, -0.05) is 30.3 Å². The Hall–Kier alpha value is -2.07. The second-order valence-electron chi connectivity index (χ2n) is 4.35. The van der Waals surface area contributed by atoms with Crippen molar-refractivity contribution in [2.45, 2.75) is 6.92 Å². The Balaban J connectivity index is 1.74. The summed E-state index contributed by atoms with van der Waals surface area (Å²) in [5, 5.41) is 5.68. The average Bonchev–Trinajstić information content (AvgIpc) is 2.47. The predicted molar refractivity (Wildman–Crippen MR) is 79.9 cm³/mol. The molecule has 0 aliphatic rings. The Bertz CT molecular complexity index is 568. The Labute approximate surface area is 118 Å². The monoisotopic (exact) mass is 273 g/mol. The molecule has 106 valence electrons. The summed E-state index contributed by atoms with van der Waals surface area (Å²) in [6.45, 7) is 3.29. The first kappa shape index (κ1) is 14.3. The van der Waals surface area contributed by atoms with Gasteiger partial charge in [0.2, 0.25) is 0 Å². The third-order valence-electron chi connectivity index (χ3n) is 2.85. The van der Waals surface area contributed by atoms with Crippen molar-refractivity contribution in [3.8, 4) is 0 Å². The number of carbonyl (C=O) groups excluding carboxylic acids is 1. The zero-order chi connectivity index (χ0) is 14.2. The maximum absolute atomic E-state index is 11.1. The van der Waals surface area contributed by atoms with Crippen LogP contribution in [0, 0.1) is 0 Å². The molecule has 0 aliphatic heterocycles. The van der Waals surface area contributed by atoms with E-state index in [1.54, 1.807) is 6.92 Å². The largest absolute Gasteiger partial charge is 0.464 e. The minimum atomic E-state index is -0.321. The van der Waals surface area contributed by atoms with Crippen LogP contribution in [0.2, 0.25) is 0 Å². The lowest BCUT2D eigenvalue weighted by atomic mass is 10.1. The molecule has 2 aromatic carbocycles. The SMILES string of the molecule is CCOC(=O)COCCNc1ccc2ccccc2c1. The number of nitrogens with one attached hydrogen (secondary N) is 1. The van der Waals surface area contributed by atoms with Gasteiger partial charge in [-0.2, -0.15) is 0 Å². The Morgan fingerprint density at radius 3 is 2.75 bits per heavy atom. The quantitative estimate of drug-likeness (QED) is 0.622. The van der Waals surface area contributed by atoms with Crippen LogP contribution in [-0.4, -0.2) is 32.3 Å². The first-order chi connectivity index (χ1) is 9.79.